The van der Waals surface area contributed by atoms with Crippen molar-refractivity contribution in [1.82, 2.24) is 0 Å². The van der Waals surface area contributed by atoms with Gasteiger partial charge >= 0.3 is 5.97 Å². The van der Waals surface area contributed by atoms with E-state index in [0.29, 0.717) is 22.7 Å². The van der Waals surface area contributed by atoms with Gasteiger partial charge in [-0.05, 0) is 55.0 Å². The molecule has 0 unspecified atom stereocenters. The van der Waals surface area contributed by atoms with Crippen LogP contribution in [0.15, 0.2) is 59.2 Å². The fraction of sp³-hybridized carbons (Fsp3) is 0.136. The Hall–Kier alpha value is -4.07. The zero-order valence-electron chi connectivity index (χ0n) is 16.0. The number of carbonyl (C=O) groups excluding carboxylic acids is 3. The van der Waals surface area contributed by atoms with Crippen molar-refractivity contribution in [3.05, 3.63) is 77.2 Å². The van der Waals surface area contributed by atoms with Crippen molar-refractivity contribution in [3.63, 3.8) is 0 Å². The largest absolute Gasteiger partial charge is 0.459 e. The third-order valence-electron chi connectivity index (χ3n) is 4.50. The van der Waals surface area contributed by atoms with E-state index in [2.05, 4.69) is 5.32 Å². The van der Waals surface area contributed by atoms with E-state index in [1.165, 1.54) is 18.4 Å². The van der Waals surface area contributed by atoms with E-state index in [0.717, 1.165) is 5.56 Å². The topological polar surface area (TPSA) is 104 Å². The fourth-order valence-electron chi connectivity index (χ4n) is 2.84. The van der Waals surface area contributed by atoms with Crippen molar-refractivity contribution < 1.29 is 33.0 Å². The number of amides is 1. The first-order valence-electron chi connectivity index (χ1n) is 9.07. The number of esters is 1. The molecule has 0 saturated carbocycles. The van der Waals surface area contributed by atoms with Gasteiger partial charge in [-0.2, -0.15) is 0 Å². The van der Waals surface area contributed by atoms with Crippen LogP contribution in [0.1, 0.15) is 36.8 Å². The summed E-state index contributed by atoms with van der Waals surface area (Å²) in [5.41, 5.74) is 1.74. The summed E-state index contributed by atoms with van der Waals surface area (Å²) in [4.78, 5) is 36.9. The van der Waals surface area contributed by atoms with Gasteiger partial charge in [0.05, 0.1) is 11.8 Å². The molecule has 1 aliphatic rings. The van der Waals surface area contributed by atoms with Gasteiger partial charge in [0.2, 0.25) is 6.79 Å². The Kier molecular flexibility index (Phi) is 5.21. The zero-order chi connectivity index (χ0) is 21.1. The van der Waals surface area contributed by atoms with Crippen LogP contribution in [0.4, 0.5) is 5.69 Å². The summed E-state index contributed by atoms with van der Waals surface area (Å²) in [7, 11) is 0. The number of hydrogen-bond donors (Lipinski definition) is 1. The highest BCUT2D eigenvalue weighted by molar-refractivity contribution is 6.04. The van der Waals surface area contributed by atoms with Crippen molar-refractivity contribution >= 4 is 23.3 Å². The monoisotopic (exact) mass is 407 g/mol. The maximum atomic E-state index is 12.4. The van der Waals surface area contributed by atoms with Crippen molar-refractivity contribution in [3.8, 4) is 11.5 Å². The second kappa shape index (κ2) is 8.12. The van der Waals surface area contributed by atoms with Crippen molar-refractivity contribution in [2.24, 2.45) is 0 Å². The summed E-state index contributed by atoms with van der Waals surface area (Å²) in [6.45, 7) is 1.46. The van der Waals surface area contributed by atoms with Crippen molar-refractivity contribution in [2.75, 3.05) is 18.7 Å². The Bertz CT molecular complexity index is 1120. The number of furan rings is 1. The van der Waals surface area contributed by atoms with Crippen LogP contribution in [0, 0.1) is 6.92 Å². The second-order valence-electron chi connectivity index (χ2n) is 6.53. The van der Waals surface area contributed by atoms with Crippen LogP contribution < -0.4 is 14.8 Å². The first-order chi connectivity index (χ1) is 14.5. The maximum absolute atomic E-state index is 12.4. The van der Waals surface area contributed by atoms with Crippen LogP contribution >= 0.6 is 0 Å². The number of hydrogen-bond acceptors (Lipinski definition) is 7. The molecule has 2 heterocycles. The Morgan fingerprint density at radius 2 is 1.80 bits per heavy atom. The zero-order valence-corrected chi connectivity index (χ0v) is 16.0. The molecule has 1 amide bonds. The van der Waals surface area contributed by atoms with Gasteiger partial charge in [-0.25, -0.2) is 4.79 Å². The molecule has 0 saturated heterocycles. The van der Waals surface area contributed by atoms with E-state index in [4.69, 9.17) is 18.6 Å². The summed E-state index contributed by atoms with van der Waals surface area (Å²) in [6, 6.07) is 12.6. The molecule has 1 aliphatic heterocycles. The third kappa shape index (κ3) is 4.02. The molecule has 152 valence electrons. The van der Waals surface area contributed by atoms with Crippen LogP contribution in [0.3, 0.4) is 0 Å². The lowest BCUT2D eigenvalue weighted by molar-refractivity contribution is 0.0474. The van der Waals surface area contributed by atoms with Crippen LogP contribution in [-0.4, -0.2) is 31.1 Å². The summed E-state index contributed by atoms with van der Waals surface area (Å²) in [6.07, 6.45) is 1.40. The summed E-state index contributed by atoms with van der Waals surface area (Å²) < 4.78 is 20.7. The lowest BCUT2D eigenvalue weighted by atomic mass is 10.1. The predicted octanol–water partition coefficient (Wildman–Crippen LogP) is 3.61. The molecule has 8 nitrogen and oxygen atoms in total. The minimum Gasteiger partial charge on any atom is -0.459 e. The van der Waals surface area contributed by atoms with Gasteiger partial charge in [-0.1, -0.05) is 6.07 Å². The molecular weight excluding hydrogens is 390 g/mol. The Balaban J connectivity index is 1.41. The molecule has 2 aromatic carbocycles. The first-order valence-corrected chi connectivity index (χ1v) is 9.07. The molecule has 1 N–H and O–H groups in total. The highest BCUT2D eigenvalue weighted by Crippen LogP contribution is 2.32. The van der Waals surface area contributed by atoms with Gasteiger partial charge < -0.3 is 23.9 Å². The van der Waals surface area contributed by atoms with Gasteiger partial charge in [0.25, 0.3) is 5.91 Å². The number of benzene rings is 2. The average Bonchev–Trinajstić information content (AvgIpc) is 3.44. The number of fused-ring (bicyclic) bond motifs is 1. The average molecular weight is 407 g/mol. The summed E-state index contributed by atoms with van der Waals surface area (Å²) >= 11 is 0. The number of carbonyl (C=O) groups is 3. The number of ketones is 1. The molecule has 30 heavy (non-hydrogen) atoms. The standard InChI is InChI=1S/C22H17NO7/c1-13-4-5-15(9-16(13)23-21(25)19-3-2-8-27-19)22(26)28-11-17(24)14-6-7-18-20(10-14)30-12-29-18/h2-10H,11-12H2,1H3,(H,23,25). The number of ether oxygens (including phenoxy) is 3. The lowest BCUT2D eigenvalue weighted by Gasteiger charge is -2.10. The maximum Gasteiger partial charge on any atom is 0.338 e. The van der Waals surface area contributed by atoms with E-state index < -0.39 is 18.5 Å². The molecule has 8 heteroatoms. The highest BCUT2D eigenvalue weighted by Gasteiger charge is 2.18. The van der Waals surface area contributed by atoms with Crippen LogP contribution in [-0.2, 0) is 4.74 Å². The van der Waals surface area contributed by atoms with Crippen molar-refractivity contribution in [2.45, 2.75) is 6.92 Å². The lowest BCUT2D eigenvalue weighted by Crippen LogP contribution is -2.16. The SMILES string of the molecule is Cc1ccc(C(=O)OCC(=O)c2ccc3c(c2)OCO3)cc1NC(=O)c1ccco1. The molecule has 0 bridgehead atoms. The molecule has 1 aromatic heterocycles. The number of rotatable bonds is 6. The van der Waals surface area contributed by atoms with Gasteiger partial charge in [-0.3, -0.25) is 9.59 Å². The molecule has 3 aromatic rings. The number of aryl methyl sites for hydroxylation is 1. The molecule has 0 fully saturated rings. The van der Waals surface area contributed by atoms with E-state index in [9.17, 15) is 14.4 Å². The van der Waals surface area contributed by atoms with Crippen LogP contribution in [0.25, 0.3) is 0 Å². The van der Waals surface area contributed by atoms with Gasteiger partial charge in [0.15, 0.2) is 29.6 Å². The van der Waals surface area contributed by atoms with Crippen LogP contribution in [0.5, 0.6) is 11.5 Å². The molecule has 0 spiro atoms. The number of Topliss-reactive ketones (excluding diaryl/α,β-unsaturated/α-hetero) is 1. The summed E-state index contributed by atoms with van der Waals surface area (Å²) in [5.74, 6) is -0.309. The summed E-state index contributed by atoms with van der Waals surface area (Å²) in [5, 5.41) is 2.69. The molecular formula is C22H17NO7. The highest BCUT2D eigenvalue weighted by atomic mass is 16.7. The minimum atomic E-state index is -0.683. The first kappa shape index (κ1) is 19.3. The van der Waals surface area contributed by atoms with Gasteiger partial charge in [0, 0.05) is 11.3 Å². The Labute approximate surface area is 171 Å². The second-order valence-corrected chi connectivity index (χ2v) is 6.53. The van der Waals surface area contributed by atoms with Gasteiger partial charge in [-0.15, -0.1) is 0 Å². The Morgan fingerprint density at radius 1 is 1.00 bits per heavy atom. The third-order valence-corrected chi connectivity index (χ3v) is 4.50. The predicted molar refractivity (Wildman–Crippen MR) is 105 cm³/mol. The van der Waals surface area contributed by atoms with E-state index in [-0.39, 0.29) is 23.9 Å². The number of nitrogens with one attached hydrogen (secondary N) is 1. The van der Waals surface area contributed by atoms with Crippen molar-refractivity contribution in [1.29, 1.82) is 0 Å². The molecule has 4 rings (SSSR count). The smallest absolute Gasteiger partial charge is 0.338 e. The normalized spacial score (nSPS) is 11.8. The van der Waals surface area contributed by atoms with Gasteiger partial charge in [0.1, 0.15) is 0 Å². The molecule has 0 radical (unpaired) electrons. The fourth-order valence-corrected chi connectivity index (χ4v) is 2.84. The quantitative estimate of drug-likeness (QED) is 0.492. The Morgan fingerprint density at radius 3 is 2.60 bits per heavy atom. The van der Waals surface area contributed by atoms with E-state index in [1.807, 2.05) is 0 Å². The van der Waals surface area contributed by atoms with E-state index >= 15 is 0 Å². The molecule has 0 atom stereocenters. The minimum absolute atomic E-state index is 0.105. The number of anilines is 1. The molecule has 0 aliphatic carbocycles. The van der Waals surface area contributed by atoms with Crippen LogP contribution in [0.2, 0.25) is 0 Å². The van der Waals surface area contributed by atoms with E-state index in [1.54, 1.807) is 43.3 Å².